The largest absolute Gasteiger partial charge is 0.480 e. The minimum atomic E-state index is -4.61. The summed E-state index contributed by atoms with van der Waals surface area (Å²) in [5.74, 6) is -4.32. The van der Waals surface area contributed by atoms with Crippen LogP contribution in [0.2, 0.25) is 0 Å². The van der Waals surface area contributed by atoms with E-state index < -0.39 is 59.3 Å². The highest BCUT2D eigenvalue weighted by molar-refractivity contribution is 5.86. The van der Waals surface area contributed by atoms with Crippen LogP contribution in [0.25, 0.3) is 0 Å². The predicted molar refractivity (Wildman–Crippen MR) is 112 cm³/mol. The van der Waals surface area contributed by atoms with Gasteiger partial charge in [-0.3, -0.25) is 19.7 Å². The Bertz CT molecular complexity index is 1060. The molecule has 1 amide bonds. The summed E-state index contributed by atoms with van der Waals surface area (Å²) in [5.41, 5.74) is -1.00. The van der Waals surface area contributed by atoms with Gasteiger partial charge in [-0.05, 0) is 24.1 Å². The van der Waals surface area contributed by atoms with Gasteiger partial charge in [-0.15, -0.1) is 0 Å². The van der Waals surface area contributed by atoms with Crippen LogP contribution >= 0.6 is 0 Å². The number of halogens is 3. The third kappa shape index (κ3) is 7.29. The Hall–Kier alpha value is -3.96. The molecule has 0 aliphatic carbocycles. The minimum Gasteiger partial charge on any atom is -0.480 e. The van der Waals surface area contributed by atoms with Gasteiger partial charge in [0.25, 0.3) is 5.69 Å². The smallest absolute Gasteiger partial charge is 0.416 e. The molecule has 0 fully saturated rings. The molecule has 34 heavy (non-hydrogen) atoms. The molecule has 0 radical (unpaired) electrons. The third-order valence-corrected chi connectivity index (χ3v) is 4.83. The summed E-state index contributed by atoms with van der Waals surface area (Å²) in [4.78, 5) is 46.8. The van der Waals surface area contributed by atoms with Gasteiger partial charge in [-0.2, -0.15) is 13.2 Å². The van der Waals surface area contributed by atoms with Crippen LogP contribution in [0.3, 0.4) is 0 Å². The lowest BCUT2D eigenvalue weighted by molar-refractivity contribution is -0.384. The zero-order chi connectivity index (χ0) is 25.5. The van der Waals surface area contributed by atoms with Crippen molar-refractivity contribution in [2.45, 2.75) is 37.9 Å². The van der Waals surface area contributed by atoms with Gasteiger partial charge in [0.1, 0.15) is 6.04 Å². The number of carboxylic acid groups (broad SMARTS) is 1. The number of hydrogen-bond acceptors (Lipinski definition) is 6. The first kappa shape index (κ1) is 26.3. The fourth-order valence-corrected chi connectivity index (χ4v) is 3.27. The van der Waals surface area contributed by atoms with E-state index in [1.807, 2.05) is 0 Å². The van der Waals surface area contributed by atoms with Crippen LogP contribution in [0.4, 0.5) is 18.9 Å². The van der Waals surface area contributed by atoms with Crippen LogP contribution in [0.15, 0.2) is 48.5 Å². The normalized spacial score (nSPS) is 12.9. The Balaban J connectivity index is 2.30. The standard InChI is InChI=1S/C22H21F3N2O7/c1-2-34-19(29)12-17(14-6-8-16(9-7-14)27(32)33)20(21(30)31)26-18(28)11-13-4-3-5-15(10-13)22(23,24)25/h3-10,17,20H,2,11-12H2,1H3,(H,26,28)(H,30,31)/t17-,20+/m1/s1. The summed E-state index contributed by atoms with van der Waals surface area (Å²) in [6.45, 7) is 1.57. The number of amides is 1. The van der Waals surface area contributed by atoms with Crippen molar-refractivity contribution in [3.63, 3.8) is 0 Å². The summed E-state index contributed by atoms with van der Waals surface area (Å²) in [6.07, 6.45) is -5.62. The van der Waals surface area contributed by atoms with Crippen LogP contribution < -0.4 is 5.32 Å². The highest BCUT2D eigenvalue weighted by Gasteiger charge is 2.34. The maximum Gasteiger partial charge on any atom is 0.416 e. The van der Waals surface area contributed by atoms with Gasteiger partial charge < -0.3 is 15.2 Å². The van der Waals surface area contributed by atoms with Crippen LogP contribution in [0.1, 0.15) is 36.0 Å². The summed E-state index contributed by atoms with van der Waals surface area (Å²) in [7, 11) is 0. The van der Waals surface area contributed by atoms with Crippen molar-refractivity contribution in [2.75, 3.05) is 6.61 Å². The Morgan fingerprint density at radius 1 is 1.15 bits per heavy atom. The van der Waals surface area contributed by atoms with Crippen molar-refractivity contribution in [2.24, 2.45) is 0 Å². The number of ether oxygens (including phenoxy) is 1. The first-order valence-corrected chi connectivity index (χ1v) is 10.0. The van der Waals surface area contributed by atoms with Crippen molar-refractivity contribution in [1.29, 1.82) is 0 Å². The van der Waals surface area contributed by atoms with Crippen LogP contribution in [0.5, 0.6) is 0 Å². The number of nitrogens with one attached hydrogen (secondary N) is 1. The number of nitro benzene ring substituents is 1. The maximum absolute atomic E-state index is 12.9. The summed E-state index contributed by atoms with van der Waals surface area (Å²) >= 11 is 0. The Labute approximate surface area is 191 Å². The zero-order valence-electron chi connectivity index (χ0n) is 17.9. The molecule has 0 aromatic heterocycles. The second-order valence-electron chi connectivity index (χ2n) is 7.22. The molecule has 2 N–H and O–H groups in total. The zero-order valence-corrected chi connectivity index (χ0v) is 17.9. The second kappa shape index (κ2) is 11.3. The number of aliphatic carboxylic acids is 1. The molecular formula is C22H21F3N2O7. The van der Waals surface area contributed by atoms with Crippen molar-refractivity contribution < 1.29 is 42.3 Å². The highest BCUT2D eigenvalue weighted by Crippen LogP contribution is 2.30. The van der Waals surface area contributed by atoms with E-state index in [0.717, 1.165) is 30.3 Å². The number of carbonyl (C=O) groups excluding carboxylic acids is 2. The monoisotopic (exact) mass is 482 g/mol. The van der Waals surface area contributed by atoms with E-state index in [1.165, 1.54) is 18.2 Å². The van der Waals surface area contributed by atoms with Crippen LogP contribution in [-0.4, -0.2) is 40.5 Å². The Morgan fingerprint density at radius 3 is 2.32 bits per heavy atom. The van der Waals surface area contributed by atoms with E-state index >= 15 is 0 Å². The molecular weight excluding hydrogens is 461 g/mol. The van der Waals surface area contributed by atoms with Crippen LogP contribution in [0, 0.1) is 10.1 Å². The molecule has 9 nitrogen and oxygen atoms in total. The lowest BCUT2D eigenvalue weighted by Crippen LogP contribution is -2.46. The van der Waals surface area contributed by atoms with E-state index in [4.69, 9.17) is 4.74 Å². The molecule has 182 valence electrons. The molecule has 0 unspecified atom stereocenters. The van der Waals surface area contributed by atoms with E-state index in [1.54, 1.807) is 6.92 Å². The quantitative estimate of drug-likeness (QED) is 0.301. The molecule has 0 heterocycles. The number of carboxylic acids is 1. The topological polar surface area (TPSA) is 136 Å². The lowest BCUT2D eigenvalue weighted by atomic mass is 9.88. The van der Waals surface area contributed by atoms with Crippen molar-refractivity contribution >= 4 is 23.5 Å². The molecule has 2 rings (SSSR count). The predicted octanol–water partition coefficient (Wildman–Crippen LogP) is 3.46. The highest BCUT2D eigenvalue weighted by atomic mass is 19.4. The lowest BCUT2D eigenvalue weighted by Gasteiger charge is -2.25. The van der Waals surface area contributed by atoms with Crippen molar-refractivity contribution in [1.82, 2.24) is 5.32 Å². The second-order valence-corrected chi connectivity index (χ2v) is 7.22. The van der Waals surface area contributed by atoms with Gasteiger partial charge in [0.2, 0.25) is 5.91 Å². The van der Waals surface area contributed by atoms with Gasteiger partial charge in [-0.1, -0.05) is 30.3 Å². The molecule has 0 bridgehead atoms. The fraction of sp³-hybridized carbons (Fsp3) is 0.318. The maximum atomic E-state index is 12.9. The Morgan fingerprint density at radius 2 is 1.79 bits per heavy atom. The molecule has 2 aromatic rings. The first-order chi connectivity index (χ1) is 15.9. The molecule has 0 aliphatic rings. The summed E-state index contributed by atoms with van der Waals surface area (Å²) in [5, 5.41) is 22.9. The van der Waals surface area contributed by atoms with Gasteiger partial charge in [0, 0.05) is 18.1 Å². The number of non-ortho nitro benzene ring substituents is 1. The van der Waals surface area contributed by atoms with Gasteiger partial charge in [0.05, 0.1) is 29.9 Å². The number of nitrogens with zero attached hydrogens (tertiary/aromatic N) is 1. The molecule has 12 heteroatoms. The number of carbonyl (C=O) groups is 3. The van der Waals surface area contributed by atoms with Gasteiger partial charge in [0.15, 0.2) is 0 Å². The van der Waals surface area contributed by atoms with E-state index in [-0.39, 0.29) is 23.4 Å². The number of nitro groups is 1. The SMILES string of the molecule is CCOC(=O)C[C@H](c1ccc([N+](=O)[O-])cc1)[C@H](NC(=O)Cc1cccc(C(F)(F)F)c1)C(=O)O. The average Bonchev–Trinajstić information content (AvgIpc) is 2.76. The minimum absolute atomic E-state index is 0.00809. The number of esters is 1. The summed E-state index contributed by atoms with van der Waals surface area (Å²) < 4.78 is 43.6. The van der Waals surface area contributed by atoms with Crippen LogP contribution in [-0.2, 0) is 31.7 Å². The molecule has 0 saturated carbocycles. The van der Waals surface area contributed by atoms with Gasteiger partial charge >= 0.3 is 18.1 Å². The van der Waals surface area contributed by atoms with Crippen molar-refractivity contribution in [3.8, 4) is 0 Å². The molecule has 0 aliphatic heterocycles. The molecule has 2 aromatic carbocycles. The first-order valence-electron chi connectivity index (χ1n) is 10.0. The Kier molecular flexibility index (Phi) is 8.70. The number of hydrogen-bond donors (Lipinski definition) is 2. The fourth-order valence-electron chi connectivity index (χ4n) is 3.27. The van der Waals surface area contributed by atoms with E-state index in [2.05, 4.69) is 5.32 Å². The number of benzene rings is 2. The summed E-state index contributed by atoms with van der Waals surface area (Å²) in [6, 6.07) is 7.14. The van der Waals surface area contributed by atoms with E-state index in [9.17, 15) is 42.8 Å². The van der Waals surface area contributed by atoms with E-state index in [0.29, 0.717) is 0 Å². The number of rotatable bonds is 10. The average molecular weight is 482 g/mol. The molecule has 0 saturated heterocycles. The van der Waals surface area contributed by atoms with Gasteiger partial charge in [-0.25, -0.2) is 4.79 Å². The molecule has 0 spiro atoms. The third-order valence-electron chi connectivity index (χ3n) is 4.83. The molecule has 2 atom stereocenters. The van der Waals surface area contributed by atoms with Crippen molar-refractivity contribution in [3.05, 3.63) is 75.3 Å². The number of alkyl halides is 3.